The van der Waals surface area contributed by atoms with Crippen LogP contribution < -0.4 is 11.1 Å². The molecule has 0 bridgehead atoms. The number of nitrogens with one attached hydrogen (secondary N) is 1. The van der Waals surface area contributed by atoms with Gasteiger partial charge in [-0.1, -0.05) is 10.3 Å². The van der Waals surface area contributed by atoms with Crippen molar-refractivity contribution in [3.8, 4) is 0 Å². The third-order valence-corrected chi connectivity index (χ3v) is 9.55. The van der Waals surface area contributed by atoms with Gasteiger partial charge in [-0.15, -0.1) is 0 Å². The number of hydrogen-bond donors (Lipinski definition) is 1. The lowest BCUT2D eigenvalue weighted by Crippen LogP contribution is -2.34. The van der Waals surface area contributed by atoms with Crippen LogP contribution in [-0.2, 0) is 6.54 Å². The zero-order valence-corrected chi connectivity index (χ0v) is 26.7. The van der Waals surface area contributed by atoms with E-state index in [0.717, 1.165) is 87.0 Å². The number of hydrogen-bond acceptors (Lipinski definition) is 9. The molecule has 250 valence electrons. The molecule has 2 fully saturated rings. The largest absolute Gasteiger partial charge is 0.419 e. The van der Waals surface area contributed by atoms with E-state index in [0.29, 0.717) is 46.2 Å². The number of piperidine rings is 2. The SMILES string of the molecule is CC(=O)c1ccc2c(c1)oc(=O)n2CCCN1CCC(c2noc3cc(F)ccc23)CC1.Fc1ccc2c(C3CCNCC3)noc2c1. The summed E-state index contributed by atoms with van der Waals surface area (Å²) >= 11 is 0. The first-order chi connectivity index (χ1) is 23.3. The standard InChI is InChI=1S/C24H24FN3O4.C12H13FN2O/c1-15(29)17-3-6-20-22(13-17)31-24(30)28(20)10-2-9-27-11-7-16(8-12-27)23-19-5-4-18(25)14-21(19)32-26-23;13-9-1-2-10-11(7-9)16-15-12(10)8-3-5-14-6-4-8/h3-6,13-14,16H,2,7-12H2,1H3;1-2,7-8,14H,3-6H2. The van der Waals surface area contributed by atoms with Crippen molar-refractivity contribution in [3.63, 3.8) is 0 Å². The highest BCUT2D eigenvalue weighted by atomic mass is 19.1. The molecule has 1 N–H and O–H groups in total. The number of halogens is 2. The van der Waals surface area contributed by atoms with E-state index in [1.165, 1.54) is 31.2 Å². The Labute approximate surface area is 274 Å². The predicted molar refractivity (Wildman–Crippen MR) is 176 cm³/mol. The first-order valence-electron chi connectivity index (χ1n) is 16.5. The number of benzene rings is 3. The lowest BCUT2D eigenvalue weighted by molar-refractivity contribution is 0.101. The second kappa shape index (κ2) is 13.8. The number of oxazole rings is 1. The number of carbonyl (C=O) groups is 1. The molecule has 48 heavy (non-hydrogen) atoms. The van der Waals surface area contributed by atoms with Crippen molar-refractivity contribution >= 4 is 38.8 Å². The summed E-state index contributed by atoms with van der Waals surface area (Å²) in [6.07, 6.45) is 4.88. The minimum Gasteiger partial charge on any atom is -0.408 e. The Morgan fingerprint density at radius 1 is 0.812 bits per heavy atom. The molecule has 0 amide bonds. The number of nitrogens with zero attached hydrogens (tertiary/aromatic N) is 4. The lowest BCUT2D eigenvalue weighted by Gasteiger charge is -2.31. The first kappa shape index (κ1) is 31.9. The van der Waals surface area contributed by atoms with Crippen molar-refractivity contribution in [1.29, 1.82) is 0 Å². The second-order valence-corrected chi connectivity index (χ2v) is 12.7. The average molecular weight is 658 g/mol. The molecule has 6 aromatic rings. The molecule has 12 heteroatoms. The monoisotopic (exact) mass is 657 g/mol. The summed E-state index contributed by atoms with van der Waals surface area (Å²) in [5, 5.41) is 13.5. The van der Waals surface area contributed by atoms with Crippen LogP contribution in [0.15, 0.2) is 72.9 Å². The molecule has 0 saturated carbocycles. The number of aryl methyl sites for hydroxylation is 1. The van der Waals surface area contributed by atoms with E-state index in [2.05, 4.69) is 20.5 Å². The van der Waals surface area contributed by atoms with Crippen LogP contribution in [0.5, 0.6) is 0 Å². The van der Waals surface area contributed by atoms with Gasteiger partial charge in [0, 0.05) is 46.8 Å². The van der Waals surface area contributed by atoms with Gasteiger partial charge in [0.25, 0.3) is 0 Å². The molecule has 0 spiro atoms. The highest BCUT2D eigenvalue weighted by Crippen LogP contribution is 2.33. The third-order valence-electron chi connectivity index (χ3n) is 9.55. The predicted octanol–water partition coefficient (Wildman–Crippen LogP) is 6.78. The number of rotatable bonds is 7. The van der Waals surface area contributed by atoms with Crippen molar-refractivity contribution in [2.24, 2.45) is 0 Å². The number of fused-ring (bicyclic) bond motifs is 3. The summed E-state index contributed by atoms with van der Waals surface area (Å²) in [6.45, 7) is 6.82. The molecule has 0 aliphatic carbocycles. The minimum absolute atomic E-state index is 0.0588. The third kappa shape index (κ3) is 6.67. The van der Waals surface area contributed by atoms with Gasteiger partial charge < -0.3 is 23.7 Å². The summed E-state index contributed by atoms with van der Waals surface area (Å²) in [4.78, 5) is 26.2. The maximum absolute atomic E-state index is 13.4. The highest BCUT2D eigenvalue weighted by molar-refractivity contribution is 5.96. The lowest BCUT2D eigenvalue weighted by atomic mass is 9.91. The van der Waals surface area contributed by atoms with Crippen molar-refractivity contribution in [1.82, 2.24) is 25.1 Å². The van der Waals surface area contributed by atoms with Crippen LogP contribution in [0.1, 0.15) is 72.6 Å². The molecule has 2 saturated heterocycles. The minimum atomic E-state index is -0.395. The second-order valence-electron chi connectivity index (χ2n) is 12.7. The normalized spacial score (nSPS) is 16.5. The van der Waals surface area contributed by atoms with Gasteiger partial charge in [0.15, 0.2) is 22.5 Å². The van der Waals surface area contributed by atoms with Crippen molar-refractivity contribution in [3.05, 3.63) is 93.7 Å². The topological polar surface area (TPSA) is 120 Å². The molecule has 3 aromatic carbocycles. The Bertz CT molecular complexity index is 2120. The summed E-state index contributed by atoms with van der Waals surface area (Å²) < 4.78 is 43.8. The Morgan fingerprint density at radius 3 is 2.02 bits per heavy atom. The van der Waals surface area contributed by atoms with Gasteiger partial charge in [-0.25, -0.2) is 13.6 Å². The Kier molecular flexibility index (Phi) is 9.18. The number of ketones is 1. The highest BCUT2D eigenvalue weighted by Gasteiger charge is 2.25. The zero-order valence-electron chi connectivity index (χ0n) is 26.7. The van der Waals surface area contributed by atoms with Crippen molar-refractivity contribution in [2.75, 3.05) is 32.7 Å². The molecule has 2 aliphatic rings. The zero-order chi connectivity index (χ0) is 33.2. The number of Topliss-reactive ketones (excluding diaryl/α,β-unsaturated/α-hetero) is 1. The first-order valence-corrected chi connectivity index (χ1v) is 16.5. The molecule has 0 unspecified atom stereocenters. The van der Waals surface area contributed by atoms with Gasteiger partial charge in [0.05, 0.1) is 16.9 Å². The van der Waals surface area contributed by atoms with Gasteiger partial charge >= 0.3 is 5.76 Å². The van der Waals surface area contributed by atoms with Crippen molar-refractivity contribution < 1.29 is 27.0 Å². The fraction of sp³-hybridized carbons (Fsp3) is 0.389. The Balaban J connectivity index is 0.000000190. The van der Waals surface area contributed by atoms with Gasteiger partial charge in [0.1, 0.15) is 11.6 Å². The fourth-order valence-electron chi connectivity index (χ4n) is 6.93. The molecule has 0 radical (unpaired) electrons. The molecule has 8 rings (SSSR count). The molecule has 10 nitrogen and oxygen atoms in total. The fourth-order valence-corrected chi connectivity index (χ4v) is 6.93. The summed E-state index contributed by atoms with van der Waals surface area (Å²) in [7, 11) is 0. The smallest absolute Gasteiger partial charge is 0.408 e. The number of likely N-dealkylation sites (tertiary alicyclic amines) is 1. The van der Waals surface area contributed by atoms with E-state index in [1.807, 2.05) is 0 Å². The molecule has 2 aliphatic heterocycles. The van der Waals surface area contributed by atoms with E-state index >= 15 is 0 Å². The molecule has 3 aromatic heterocycles. The summed E-state index contributed by atoms with van der Waals surface area (Å²) in [5.74, 6) is -0.314. The van der Waals surface area contributed by atoms with Crippen LogP contribution in [0.2, 0.25) is 0 Å². The van der Waals surface area contributed by atoms with Crippen LogP contribution >= 0.6 is 0 Å². The van der Waals surface area contributed by atoms with E-state index in [9.17, 15) is 18.4 Å². The maximum Gasteiger partial charge on any atom is 0.419 e. The van der Waals surface area contributed by atoms with Gasteiger partial charge in [-0.2, -0.15) is 0 Å². The Hall–Kier alpha value is -4.68. The van der Waals surface area contributed by atoms with Gasteiger partial charge in [-0.05, 0) is 114 Å². The Morgan fingerprint density at radius 2 is 1.42 bits per heavy atom. The van der Waals surface area contributed by atoms with Crippen LogP contribution in [0, 0.1) is 11.6 Å². The summed E-state index contributed by atoms with van der Waals surface area (Å²) in [6, 6.07) is 14.3. The van der Waals surface area contributed by atoms with Crippen LogP contribution in [0.4, 0.5) is 8.78 Å². The van der Waals surface area contributed by atoms with Gasteiger partial charge in [-0.3, -0.25) is 9.36 Å². The molecule has 5 heterocycles. The maximum atomic E-state index is 13.4. The van der Waals surface area contributed by atoms with Crippen molar-refractivity contribution in [2.45, 2.75) is 57.4 Å². The van der Waals surface area contributed by atoms with E-state index in [4.69, 9.17) is 13.5 Å². The van der Waals surface area contributed by atoms with Gasteiger partial charge in [0.2, 0.25) is 0 Å². The number of aromatic nitrogens is 3. The molecular weight excluding hydrogens is 620 g/mol. The number of carbonyl (C=O) groups excluding carboxylic acids is 1. The average Bonchev–Trinajstić information content (AvgIpc) is 3.80. The molecule has 0 atom stereocenters. The van der Waals surface area contributed by atoms with E-state index in [-0.39, 0.29) is 17.4 Å². The van der Waals surface area contributed by atoms with Crippen LogP contribution in [-0.4, -0.2) is 58.3 Å². The molecular formula is C36H37F2N5O5. The van der Waals surface area contributed by atoms with Crippen LogP contribution in [0.25, 0.3) is 33.0 Å². The summed E-state index contributed by atoms with van der Waals surface area (Å²) in [5.41, 5.74) is 4.64. The van der Waals surface area contributed by atoms with E-state index in [1.54, 1.807) is 34.9 Å². The van der Waals surface area contributed by atoms with E-state index < -0.39 is 5.76 Å². The quantitative estimate of drug-likeness (QED) is 0.185. The van der Waals surface area contributed by atoms with Crippen LogP contribution in [0.3, 0.4) is 0 Å².